The third-order valence-electron chi connectivity index (χ3n) is 3.07. The molecular weight excluding hydrogens is 286 g/mol. The number of para-hydroxylation sites is 1. The summed E-state index contributed by atoms with van der Waals surface area (Å²) in [5.74, 6) is 0.543. The topological polar surface area (TPSA) is 29.5 Å². The second-order valence-electron chi connectivity index (χ2n) is 4.72. The van der Waals surface area contributed by atoms with Crippen LogP contribution in [0.15, 0.2) is 48.5 Å². The summed E-state index contributed by atoms with van der Waals surface area (Å²) in [4.78, 5) is 14.2. The molecule has 0 atom stereocenters. The van der Waals surface area contributed by atoms with E-state index in [0.717, 1.165) is 5.56 Å². The van der Waals surface area contributed by atoms with E-state index in [4.69, 9.17) is 16.3 Å². The Morgan fingerprint density at radius 2 is 1.95 bits per heavy atom. The van der Waals surface area contributed by atoms with Gasteiger partial charge in [0.05, 0.1) is 12.2 Å². The molecular formula is C17H18ClNO2. The van der Waals surface area contributed by atoms with Crippen molar-refractivity contribution in [1.29, 1.82) is 0 Å². The van der Waals surface area contributed by atoms with Crippen molar-refractivity contribution in [1.82, 2.24) is 4.90 Å². The van der Waals surface area contributed by atoms with Crippen LogP contribution < -0.4 is 4.74 Å². The molecule has 0 bridgehead atoms. The van der Waals surface area contributed by atoms with Gasteiger partial charge in [0, 0.05) is 18.6 Å². The summed E-state index contributed by atoms with van der Waals surface area (Å²) in [5, 5.41) is 0.670. The quantitative estimate of drug-likeness (QED) is 0.835. The summed E-state index contributed by atoms with van der Waals surface area (Å²) in [7, 11) is 1.77. The van der Waals surface area contributed by atoms with Gasteiger partial charge in [-0.05, 0) is 36.8 Å². The maximum absolute atomic E-state index is 12.5. The van der Waals surface area contributed by atoms with E-state index in [1.807, 2.05) is 49.4 Å². The highest BCUT2D eigenvalue weighted by Crippen LogP contribution is 2.20. The second kappa shape index (κ2) is 7.14. The van der Waals surface area contributed by atoms with Crippen molar-refractivity contribution in [2.45, 2.75) is 13.5 Å². The highest BCUT2D eigenvalue weighted by Gasteiger charge is 2.16. The van der Waals surface area contributed by atoms with Crippen LogP contribution in [0.2, 0.25) is 5.02 Å². The fourth-order valence-electron chi connectivity index (χ4n) is 2.11. The van der Waals surface area contributed by atoms with Gasteiger partial charge < -0.3 is 9.64 Å². The van der Waals surface area contributed by atoms with E-state index in [9.17, 15) is 4.79 Å². The lowest BCUT2D eigenvalue weighted by Gasteiger charge is -2.19. The molecule has 0 spiro atoms. The van der Waals surface area contributed by atoms with Gasteiger partial charge >= 0.3 is 0 Å². The molecule has 0 saturated carbocycles. The van der Waals surface area contributed by atoms with Crippen LogP contribution in [0.3, 0.4) is 0 Å². The molecule has 0 aliphatic rings. The van der Waals surface area contributed by atoms with E-state index >= 15 is 0 Å². The minimum Gasteiger partial charge on any atom is -0.493 e. The van der Waals surface area contributed by atoms with Crippen LogP contribution in [0.4, 0.5) is 0 Å². The number of nitrogens with zero attached hydrogens (tertiary/aromatic N) is 1. The molecule has 0 fully saturated rings. The lowest BCUT2D eigenvalue weighted by atomic mass is 10.1. The van der Waals surface area contributed by atoms with Crippen LogP contribution in [-0.2, 0) is 6.54 Å². The Balaban J connectivity index is 2.16. The number of amides is 1. The maximum atomic E-state index is 12.5. The van der Waals surface area contributed by atoms with Crippen molar-refractivity contribution in [3.05, 3.63) is 64.7 Å². The lowest BCUT2D eigenvalue weighted by molar-refractivity contribution is 0.0781. The summed E-state index contributed by atoms with van der Waals surface area (Å²) in [6, 6.07) is 14.8. The van der Waals surface area contributed by atoms with Gasteiger partial charge in [0.25, 0.3) is 5.91 Å². The van der Waals surface area contributed by atoms with Gasteiger partial charge in [-0.15, -0.1) is 0 Å². The first-order chi connectivity index (χ1) is 10.1. The highest BCUT2D eigenvalue weighted by molar-refractivity contribution is 6.30. The first-order valence-corrected chi connectivity index (χ1v) is 7.21. The van der Waals surface area contributed by atoms with Crippen LogP contribution in [-0.4, -0.2) is 24.5 Å². The molecule has 3 nitrogen and oxygen atoms in total. The molecule has 0 aliphatic heterocycles. The van der Waals surface area contributed by atoms with E-state index in [0.29, 0.717) is 29.5 Å². The minimum absolute atomic E-state index is 0.0703. The van der Waals surface area contributed by atoms with Gasteiger partial charge in [-0.2, -0.15) is 0 Å². The molecule has 2 aromatic rings. The molecule has 1 amide bonds. The summed E-state index contributed by atoms with van der Waals surface area (Å²) in [6.07, 6.45) is 0. The molecule has 0 radical (unpaired) electrons. The lowest BCUT2D eigenvalue weighted by Crippen LogP contribution is -2.26. The zero-order valence-electron chi connectivity index (χ0n) is 12.2. The molecule has 2 rings (SSSR count). The summed E-state index contributed by atoms with van der Waals surface area (Å²) >= 11 is 5.97. The Hall–Kier alpha value is -2.00. The van der Waals surface area contributed by atoms with Crippen molar-refractivity contribution in [3.8, 4) is 5.75 Å². The van der Waals surface area contributed by atoms with Crippen molar-refractivity contribution < 1.29 is 9.53 Å². The first kappa shape index (κ1) is 15.4. The molecule has 0 saturated heterocycles. The zero-order chi connectivity index (χ0) is 15.2. The molecule has 0 unspecified atom stereocenters. The second-order valence-corrected chi connectivity index (χ2v) is 5.16. The van der Waals surface area contributed by atoms with E-state index in [1.165, 1.54) is 0 Å². The summed E-state index contributed by atoms with van der Waals surface area (Å²) in [6.45, 7) is 2.93. The fraction of sp³-hybridized carbons (Fsp3) is 0.235. The third kappa shape index (κ3) is 3.99. The van der Waals surface area contributed by atoms with Gasteiger partial charge in [-0.25, -0.2) is 0 Å². The number of halogens is 1. The first-order valence-electron chi connectivity index (χ1n) is 6.83. The molecule has 2 aromatic carbocycles. The van der Waals surface area contributed by atoms with Crippen molar-refractivity contribution in [2.75, 3.05) is 13.7 Å². The number of rotatable bonds is 5. The van der Waals surface area contributed by atoms with Crippen LogP contribution in [0, 0.1) is 0 Å². The van der Waals surface area contributed by atoms with Gasteiger partial charge in [0.2, 0.25) is 0 Å². The molecule has 0 aromatic heterocycles. The van der Waals surface area contributed by atoms with Crippen LogP contribution in [0.1, 0.15) is 22.8 Å². The maximum Gasteiger partial charge on any atom is 0.257 e. The van der Waals surface area contributed by atoms with Gasteiger partial charge in [-0.1, -0.05) is 35.9 Å². The van der Waals surface area contributed by atoms with Gasteiger partial charge in [0.15, 0.2) is 0 Å². The Labute approximate surface area is 130 Å². The normalized spacial score (nSPS) is 10.2. The Kier molecular flexibility index (Phi) is 5.23. The molecule has 0 heterocycles. The summed E-state index contributed by atoms with van der Waals surface area (Å²) < 4.78 is 5.51. The van der Waals surface area contributed by atoms with Crippen molar-refractivity contribution in [2.24, 2.45) is 0 Å². The van der Waals surface area contributed by atoms with Crippen LogP contribution >= 0.6 is 11.6 Å². The molecule has 0 N–H and O–H groups in total. The Morgan fingerprint density at radius 3 is 2.67 bits per heavy atom. The predicted molar refractivity (Wildman–Crippen MR) is 84.9 cm³/mol. The standard InChI is InChI=1S/C17H18ClNO2/c1-3-21-16-10-5-4-9-15(16)17(20)19(2)12-13-7-6-8-14(18)11-13/h4-11H,3,12H2,1-2H3. The molecule has 110 valence electrons. The third-order valence-corrected chi connectivity index (χ3v) is 3.31. The minimum atomic E-state index is -0.0703. The SMILES string of the molecule is CCOc1ccccc1C(=O)N(C)Cc1cccc(Cl)c1. The highest BCUT2D eigenvalue weighted by atomic mass is 35.5. The van der Waals surface area contributed by atoms with Gasteiger partial charge in [0.1, 0.15) is 5.75 Å². The van der Waals surface area contributed by atoms with E-state index in [1.54, 1.807) is 18.0 Å². The number of carbonyl (C=O) groups excluding carboxylic acids is 1. The number of hydrogen-bond acceptors (Lipinski definition) is 2. The van der Waals surface area contributed by atoms with Crippen LogP contribution in [0.5, 0.6) is 5.75 Å². The van der Waals surface area contributed by atoms with Crippen molar-refractivity contribution >= 4 is 17.5 Å². The predicted octanol–water partition coefficient (Wildman–Crippen LogP) is 4.01. The monoisotopic (exact) mass is 303 g/mol. The van der Waals surface area contributed by atoms with E-state index in [-0.39, 0.29) is 5.91 Å². The number of benzene rings is 2. The zero-order valence-corrected chi connectivity index (χ0v) is 12.9. The van der Waals surface area contributed by atoms with E-state index < -0.39 is 0 Å². The summed E-state index contributed by atoms with van der Waals surface area (Å²) in [5.41, 5.74) is 1.57. The number of carbonyl (C=O) groups is 1. The van der Waals surface area contributed by atoms with Crippen molar-refractivity contribution in [3.63, 3.8) is 0 Å². The largest absolute Gasteiger partial charge is 0.493 e. The Morgan fingerprint density at radius 1 is 1.19 bits per heavy atom. The number of ether oxygens (including phenoxy) is 1. The smallest absolute Gasteiger partial charge is 0.257 e. The molecule has 21 heavy (non-hydrogen) atoms. The average Bonchev–Trinajstić information content (AvgIpc) is 2.47. The van der Waals surface area contributed by atoms with E-state index in [2.05, 4.69) is 0 Å². The Bertz CT molecular complexity index is 628. The fourth-order valence-corrected chi connectivity index (χ4v) is 2.32. The van der Waals surface area contributed by atoms with Gasteiger partial charge in [-0.3, -0.25) is 4.79 Å². The average molecular weight is 304 g/mol. The molecule has 0 aliphatic carbocycles. The molecule has 4 heteroatoms. The number of hydrogen-bond donors (Lipinski definition) is 0. The van der Waals surface area contributed by atoms with Crippen LogP contribution in [0.25, 0.3) is 0 Å².